The normalized spacial score (nSPS) is 12.8. The monoisotopic (exact) mass is 265 g/mol. The van der Waals surface area contributed by atoms with Crippen molar-refractivity contribution in [3.8, 4) is 5.75 Å². The zero-order valence-electron chi connectivity index (χ0n) is 11.0. The smallest absolute Gasteiger partial charge is 0.201 e. The molecular weight excluding hydrogens is 246 g/mol. The molecule has 1 aromatic carbocycles. The van der Waals surface area contributed by atoms with Gasteiger partial charge < -0.3 is 15.0 Å². The number of thioether (sulfide) groups is 1. The molecule has 98 valence electrons. The fraction of sp³-hybridized carbons (Fsp3) is 0.462. The number of anilines is 1. The minimum atomic E-state index is 0.372. The fourth-order valence-corrected chi connectivity index (χ4v) is 2.99. The van der Waals surface area contributed by atoms with Gasteiger partial charge in [-0.1, -0.05) is 13.0 Å². The van der Waals surface area contributed by atoms with Gasteiger partial charge in [0, 0.05) is 11.8 Å². The molecule has 0 fully saturated rings. The van der Waals surface area contributed by atoms with E-state index in [0.717, 1.165) is 29.0 Å². The Morgan fingerprint density at radius 2 is 2.28 bits per heavy atom. The van der Waals surface area contributed by atoms with Crippen LogP contribution in [0.5, 0.6) is 5.75 Å². The van der Waals surface area contributed by atoms with Crippen LogP contribution in [-0.2, 0) is 0 Å². The van der Waals surface area contributed by atoms with E-state index >= 15 is 0 Å². The van der Waals surface area contributed by atoms with E-state index in [1.54, 1.807) is 7.11 Å². The number of imidazole rings is 1. The third-order valence-corrected chi connectivity index (χ3v) is 3.84. The molecule has 2 aromatic rings. The van der Waals surface area contributed by atoms with Crippen molar-refractivity contribution in [2.75, 3.05) is 24.9 Å². The summed E-state index contributed by atoms with van der Waals surface area (Å²) in [6, 6.07) is 6.31. The Hall–Kier alpha value is -1.36. The van der Waals surface area contributed by atoms with Gasteiger partial charge in [-0.3, -0.25) is 0 Å². The number of rotatable bonds is 5. The third-order valence-electron chi connectivity index (χ3n) is 3.13. The second-order valence-electron chi connectivity index (χ2n) is 4.19. The topological polar surface area (TPSA) is 53.1 Å². The molecule has 2 N–H and O–H groups in total. The summed E-state index contributed by atoms with van der Waals surface area (Å²) in [6.07, 6.45) is 3.15. The van der Waals surface area contributed by atoms with Crippen LogP contribution in [0.15, 0.2) is 18.2 Å². The van der Waals surface area contributed by atoms with Gasteiger partial charge in [-0.15, -0.1) is 0 Å². The van der Waals surface area contributed by atoms with Crippen LogP contribution in [0, 0.1) is 0 Å². The molecule has 0 aliphatic heterocycles. The molecule has 1 aromatic heterocycles. The molecule has 0 bridgehead atoms. The fourth-order valence-electron chi connectivity index (χ4n) is 2.23. The van der Waals surface area contributed by atoms with Crippen LogP contribution in [0.4, 0.5) is 5.95 Å². The van der Waals surface area contributed by atoms with Gasteiger partial charge >= 0.3 is 0 Å². The number of nitrogens with two attached hydrogens (primary N) is 1. The van der Waals surface area contributed by atoms with Crippen LogP contribution in [-0.4, -0.2) is 28.7 Å². The van der Waals surface area contributed by atoms with Crippen molar-refractivity contribution in [1.82, 2.24) is 9.55 Å². The summed E-state index contributed by atoms with van der Waals surface area (Å²) in [5.74, 6) is 2.37. The van der Waals surface area contributed by atoms with Crippen molar-refractivity contribution in [3.63, 3.8) is 0 Å². The Balaban J connectivity index is 2.59. The highest BCUT2D eigenvalue weighted by Crippen LogP contribution is 2.31. The molecule has 1 heterocycles. The molecule has 0 amide bonds. The minimum Gasteiger partial charge on any atom is -0.494 e. The van der Waals surface area contributed by atoms with Crippen LogP contribution in [0.25, 0.3) is 11.0 Å². The zero-order chi connectivity index (χ0) is 13.1. The van der Waals surface area contributed by atoms with Crippen molar-refractivity contribution in [2.45, 2.75) is 19.4 Å². The summed E-state index contributed by atoms with van der Waals surface area (Å²) in [4.78, 5) is 4.44. The molecule has 0 spiro atoms. The lowest BCUT2D eigenvalue weighted by Crippen LogP contribution is -2.13. The summed E-state index contributed by atoms with van der Waals surface area (Å²) >= 11 is 1.82. The number of hydrogen-bond acceptors (Lipinski definition) is 4. The number of aromatic nitrogens is 2. The average molecular weight is 265 g/mol. The number of hydrogen-bond donors (Lipinski definition) is 1. The van der Waals surface area contributed by atoms with Crippen molar-refractivity contribution < 1.29 is 4.74 Å². The first-order valence-electron chi connectivity index (χ1n) is 6.02. The molecule has 4 nitrogen and oxygen atoms in total. The molecule has 2 rings (SSSR count). The van der Waals surface area contributed by atoms with Gasteiger partial charge in [0.2, 0.25) is 5.95 Å². The van der Waals surface area contributed by atoms with Gasteiger partial charge in [-0.25, -0.2) is 4.98 Å². The van der Waals surface area contributed by atoms with Crippen LogP contribution >= 0.6 is 11.8 Å². The van der Waals surface area contributed by atoms with Crippen LogP contribution in [0.3, 0.4) is 0 Å². The lowest BCUT2D eigenvalue weighted by atomic mass is 10.2. The molecule has 18 heavy (non-hydrogen) atoms. The van der Waals surface area contributed by atoms with Crippen LogP contribution < -0.4 is 10.5 Å². The van der Waals surface area contributed by atoms with E-state index < -0.39 is 0 Å². The standard InChI is InChI=1S/C13H19N3OS/c1-4-9(8-18-3)16-10-6-5-7-11(17-2)12(10)15-13(16)14/h5-7,9H,4,8H2,1-3H3,(H2,14,15). The number of ether oxygens (including phenoxy) is 1. The first-order valence-corrected chi connectivity index (χ1v) is 7.41. The van der Waals surface area contributed by atoms with E-state index in [0.29, 0.717) is 12.0 Å². The highest BCUT2D eigenvalue weighted by Gasteiger charge is 2.17. The molecule has 0 aliphatic carbocycles. The number of methoxy groups -OCH3 is 1. The van der Waals surface area contributed by atoms with Crippen LogP contribution in [0.1, 0.15) is 19.4 Å². The molecular formula is C13H19N3OS. The van der Waals surface area contributed by atoms with E-state index in [1.807, 2.05) is 30.0 Å². The first kappa shape index (κ1) is 13.1. The number of nitrogens with zero attached hydrogens (tertiary/aromatic N) is 2. The summed E-state index contributed by atoms with van der Waals surface area (Å²) in [5.41, 5.74) is 7.96. The van der Waals surface area contributed by atoms with E-state index in [-0.39, 0.29) is 0 Å². The maximum Gasteiger partial charge on any atom is 0.201 e. The second kappa shape index (κ2) is 5.52. The molecule has 0 saturated carbocycles. The Kier molecular flexibility index (Phi) is 4.01. The zero-order valence-corrected chi connectivity index (χ0v) is 11.8. The minimum absolute atomic E-state index is 0.372. The van der Waals surface area contributed by atoms with Crippen LogP contribution in [0.2, 0.25) is 0 Å². The Morgan fingerprint density at radius 3 is 2.89 bits per heavy atom. The number of benzene rings is 1. The summed E-state index contributed by atoms with van der Waals surface area (Å²) in [6.45, 7) is 2.17. The van der Waals surface area contributed by atoms with Gasteiger partial charge in [-0.2, -0.15) is 11.8 Å². The van der Waals surface area contributed by atoms with Crippen molar-refractivity contribution in [1.29, 1.82) is 0 Å². The maximum absolute atomic E-state index is 6.07. The van der Waals surface area contributed by atoms with E-state index in [4.69, 9.17) is 10.5 Å². The van der Waals surface area contributed by atoms with Gasteiger partial charge in [0.05, 0.1) is 12.6 Å². The molecule has 0 radical (unpaired) electrons. The Labute approximate surface area is 112 Å². The molecule has 1 atom stereocenters. The predicted octanol–water partition coefficient (Wildman–Crippen LogP) is 2.94. The number of nitrogen functional groups attached to an aromatic ring is 1. The lowest BCUT2D eigenvalue weighted by molar-refractivity contribution is 0.419. The Morgan fingerprint density at radius 1 is 1.50 bits per heavy atom. The molecule has 1 unspecified atom stereocenters. The van der Waals surface area contributed by atoms with Crippen molar-refractivity contribution in [2.24, 2.45) is 0 Å². The van der Waals surface area contributed by atoms with Gasteiger partial charge in [0.1, 0.15) is 11.3 Å². The Bertz CT molecular complexity index is 538. The lowest BCUT2D eigenvalue weighted by Gasteiger charge is -2.18. The average Bonchev–Trinajstić information content (AvgIpc) is 2.72. The summed E-state index contributed by atoms with van der Waals surface area (Å²) in [5, 5.41) is 0. The third kappa shape index (κ3) is 2.14. The highest BCUT2D eigenvalue weighted by atomic mass is 32.2. The first-order chi connectivity index (χ1) is 8.72. The SMILES string of the molecule is CCC(CSC)n1c(N)nc2c(OC)cccc21. The predicted molar refractivity (Wildman–Crippen MR) is 78.4 cm³/mol. The van der Waals surface area contributed by atoms with Gasteiger partial charge in [0.15, 0.2) is 0 Å². The molecule has 5 heteroatoms. The van der Waals surface area contributed by atoms with Crippen molar-refractivity contribution in [3.05, 3.63) is 18.2 Å². The summed E-state index contributed by atoms with van der Waals surface area (Å²) in [7, 11) is 1.66. The quantitative estimate of drug-likeness (QED) is 0.903. The van der Waals surface area contributed by atoms with Gasteiger partial charge in [-0.05, 0) is 24.8 Å². The van der Waals surface area contributed by atoms with E-state index in [1.165, 1.54) is 0 Å². The van der Waals surface area contributed by atoms with Gasteiger partial charge in [0.25, 0.3) is 0 Å². The molecule has 0 aliphatic rings. The molecule has 0 saturated heterocycles. The van der Waals surface area contributed by atoms with E-state index in [2.05, 4.69) is 22.7 Å². The number of fused-ring (bicyclic) bond motifs is 1. The highest BCUT2D eigenvalue weighted by molar-refractivity contribution is 7.98. The maximum atomic E-state index is 6.07. The summed E-state index contributed by atoms with van der Waals surface area (Å²) < 4.78 is 7.45. The largest absolute Gasteiger partial charge is 0.494 e. The second-order valence-corrected chi connectivity index (χ2v) is 5.10. The van der Waals surface area contributed by atoms with Crippen molar-refractivity contribution >= 4 is 28.7 Å². The number of para-hydroxylation sites is 1. The van der Waals surface area contributed by atoms with E-state index in [9.17, 15) is 0 Å².